The Morgan fingerprint density at radius 1 is 1.25 bits per heavy atom. The van der Waals surface area contributed by atoms with Gasteiger partial charge in [-0.25, -0.2) is 0 Å². The van der Waals surface area contributed by atoms with Crippen LogP contribution in [-0.4, -0.2) is 31.9 Å². The third-order valence-corrected chi connectivity index (χ3v) is 3.97. The van der Waals surface area contributed by atoms with Crippen molar-refractivity contribution in [2.24, 2.45) is 0 Å². The fraction of sp³-hybridized carbons (Fsp3) is 0.625. The van der Waals surface area contributed by atoms with E-state index in [0.717, 1.165) is 49.8 Å². The van der Waals surface area contributed by atoms with Gasteiger partial charge >= 0.3 is 0 Å². The fourth-order valence-corrected chi connectivity index (χ4v) is 2.87. The summed E-state index contributed by atoms with van der Waals surface area (Å²) in [5.74, 6) is 0. The van der Waals surface area contributed by atoms with Gasteiger partial charge in [0, 0.05) is 31.2 Å². The minimum Gasteiger partial charge on any atom is -0.396 e. The molecule has 0 aromatic heterocycles. The molecule has 0 saturated heterocycles. The standard InChI is InChI=1S/C16H27BrN2O/c1-3-9-18-13-14-7-8-16(15(17)12-14)19(2)10-5-4-6-11-20/h7-8,12,18,20H,3-6,9-11,13H2,1-2H3. The molecule has 0 bridgehead atoms. The number of hydrogen-bond donors (Lipinski definition) is 2. The summed E-state index contributed by atoms with van der Waals surface area (Å²) in [4.78, 5) is 2.27. The minimum atomic E-state index is 0.298. The highest BCUT2D eigenvalue weighted by Crippen LogP contribution is 2.26. The first kappa shape index (κ1) is 17.5. The summed E-state index contributed by atoms with van der Waals surface area (Å²) in [6.45, 7) is 5.48. The predicted octanol–water partition coefficient (Wildman–Crippen LogP) is 3.55. The van der Waals surface area contributed by atoms with E-state index in [9.17, 15) is 0 Å². The minimum absolute atomic E-state index is 0.298. The van der Waals surface area contributed by atoms with Gasteiger partial charge in [0.2, 0.25) is 0 Å². The molecule has 3 nitrogen and oxygen atoms in total. The van der Waals surface area contributed by atoms with Crippen LogP contribution in [0.3, 0.4) is 0 Å². The van der Waals surface area contributed by atoms with Gasteiger partial charge in [-0.15, -0.1) is 0 Å². The summed E-state index contributed by atoms with van der Waals surface area (Å²) in [5.41, 5.74) is 2.54. The normalized spacial score (nSPS) is 10.8. The molecule has 0 aliphatic carbocycles. The second-order valence-corrected chi connectivity index (χ2v) is 6.02. The third kappa shape index (κ3) is 6.25. The molecule has 0 unspecified atom stereocenters. The van der Waals surface area contributed by atoms with Crippen molar-refractivity contribution in [3.05, 3.63) is 28.2 Å². The van der Waals surface area contributed by atoms with Crippen molar-refractivity contribution in [1.29, 1.82) is 0 Å². The maximum atomic E-state index is 8.78. The molecule has 0 atom stereocenters. The van der Waals surface area contributed by atoms with Crippen molar-refractivity contribution < 1.29 is 5.11 Å². The molecule has 0 aliphatic heterocycles. The lowest BCUT2D eigenvalue weighted by Crippen LogP contribution is -2.19. The fourth-order valence-electron chi connectivity index (χ4n) is 2.14. The van der Waals surface area contributed by atoms with Crippen LogP contribution in [0.1, 0.15) is 38.2 Å². The highest BCUT2D eigenvalue weighted by atomic mass is 79.9. The Labute approximate surface area is 131 Å². The first-order valence-corrected chi connectivity index (χ1v) is 8.29. The van der Waals surface area contributed by atoms with Crippen molar-refractivity contribution >= 4 is 21.6 Å². The van der Waals surface area contributed by atoms with E-state index in [1.807, 2.05) is 0 Å². The molecule has 0 fully saturated rings. The van der Waals surface area contributed by atoms with E-state index in [0.29, 0.717) is 6.61 Å². The molecule has 2 N–H and O–H groups in total. The highest BCUT2D eigenvalue weighted by Gasteiger charge is 2.06. The molecule has 0 aliphatic rings. The first-order valence-electron chi connectivity index (χ1n) is 7.50. The van der Waals surface area contributed by atoms with Gasteiger partial charge in [-0.1, -0.05) is 13.0 Å². The van der Waals surface area contributed by atoms with Crippen LogP contribution in [0.4, 0.5) is 5.69 Å². The van der Waals surface area contributed by atoms with Crippen molar-refractivity contribution in [3.8, 4) is 0 Å². The molecular weight excluding hydrogens is 316 g/mol. The molecule has 4 heteroatoms. The molecule has 1 aromatic carbocycles. The largest absolute Gasteiger partial charge is 0.396 e. The Balaban J connectivity index is 2.49. The summed E-state index contributed by atoms with van der Waals surface area (Å²) in [6.07, 6.45) is 4.26. The van der Waals surface area contributed by atoms with Crippen molar-refractivity contribution in [2.45, 2.75) is 39.2 Å². The topological polar surface area (TPSA) is 35.5 Å². The number of benzene rings is 1. The zero-order valence-corrected chi connectivity index (χ0v) is 14.2. The number of nitrogens with one attached hydrogen (secondary N) is 1. The monoisotopic (exact) mass is 342 g/mol. The average molecular weight is 343 g/mol. The Kier molecular flexibility index (Phi) is 8.90. The smallest absolute Gasteiger partial charge is 0.0508 e. The van der Waals surface area contributed by atoms with Crippen LogP contribution in [0.2, 0.25) is 0 Å². The number of nitrogens with zero attached hydrogens (tertiary/aromatic N) is 1. The van der Waals surface area contributed by atoms with Crippen LogP contribution in [0.15, 0.2) is 22.7 Å². The molecule has 0 radical (unpaired) electrons. The molecule has 0 amide bonds. The molecule has 1 rings (SSSR count). The van der Waals surface area contributed by atoms with Gasteiger partial charge in [-0.3, -0.25) is 0 Å². The average Bonchev–Trinajstić information content (AvgIpc) is 2.44. The summed E-state index contributed by atoms with van der Waals surface area (Å²) in [7, 11) is 2.12. The first-order chi connectivity index (χ1) is 9.69. The van der Waals surface area contributed by atoms with Gasteiger partial charge in [0.1, 0.15) is 0 Å². The molecule has 114 valence electrons. The maximum absolute atomic E-state index is 8.78. The predicted molar refractivity (Wildman–Crippen MR) is 90.3 cm³/mol. The molecule has 0 saturated carbocycles. The van der Waals surface area contributed by atoms with Crippen molar-refractivity contribution in [3.63, 3.8) is 0 Å². The van der Waals surface area contributed by atoms with E-state index in [-0.39, 0.29) is 0 Å². The zero-order chi connectivity index (χ0) is 14.8. The van der Waals surface area contributed by atoms with Crippen molar-refractivity contribution in [2.75, 3.05) is 31.6 Å². The van der Waals surface area contributed by atoms with Crippen LogP contribution < -0.4 is 10.2 Å². The Morgan fingerprint density at radius 2 is 2.05 bits per heavy atom. The third-order valence-electron chi connectivity index (χ3n) is 3.33. The lowest BCUT2D eigenvalue weighted by molar-refractivity contribution is 0.283. The summed E-state index contributed by atoms with van der Waals surface area (Å²) in [6, 6.07) is 6.56. The van der Waals surface area contributed by atoms with Gasteiger partial charge in [-0.2, -0.15) is 0 Å². The summed E-state index contributed by atoms with van der Waals surface area (Å²) >= 11 is 3.67. The molecular formula is C16H27BrN2O. The SMILES string of the molecule is CCCNCc1ccc(N(C)CCCCCO)c(Br)c1. The molecule has 0 heterocycles. The van der Waals surface area contributed by atoms with E-state index < -0.39 is 0 Å². The Bertz CT molecular complexity index is 385. The van der Waals surface area contributed by atoms with E-state index in [1.54, 1.807) is 0 Å². The Hall–Kier alpha value is -0.580. The van der Waals surface area contributed by atoms with Gasteiger partial charge in [0.05, 0.1) is 5.69 Å². The van der Waals surface area contributed by atoms with Gasteiger partial charge in [0.15, 0.2) is 0 Å². The molecule has 0 spiro atoms. The van der Waals surface area contributed by atoms with Crippen LogP contribution in [0.5, 0.6) is 0 Å². The maximum Gasteiger partial charge on any atom is 0.0508 e. The van der Waals surface area contributed by atoms with Crippen molar-refractivity contribution in [1.82, 2.24) is 5.32 Å². The van der Waals surface area contributed by atoms with E-state index in [4.69, 9.17) is 5.11 Å². The summed E-state index contributed by atoms with van der Waals surface area (Å²) in [5, 5.41) is 12.2. The van der Waals surface area contributed by atoms with E-state index in [1.165, 1.54) is 11.3 Å². The number of anilines is 1. The molecule has 1 aromatic rings. The lowest BCUT2D eigenvalue weighted by Gasteiger charge is -2.21. The molecule has 20 heavy (non-hydrogen) atoms. The number of unbranched alkanes of at least 4 members (excludes halogenated alkanes) is 2. The van der Waals surface area contributed by atoms with E-state index >= 15 is 0 Å². The number of hydrogen-bond acceptors (Lipinski definition) is 3. The number of halogens is 1. The quantitative estimate of drug-likeness (QED) is 0.638. The second kappa shape index (κ2) is 10.2. The zero-order valence-electron chi connectivity index (χ0n) is 12.7. The van der Waals surface area contributed by atoms with Crippen LogP contribution in [-0.2, 0) is 6.54 Å². The number of aliphatic hydroxyl groups excluding tert-OH is 1. The van der Waals surface area contributed by atoms with Gasteiger partial charge in [0.25, 0.3) is 0 Å². The highest BCUT2D eigenvalue weighted by molar-refractivity contribution is 9.10. The van der Waals surface area contributed by atoms with Gasteiger partial charge in [-0.05, 0) is 65.9 Å². The lowest BCUT2D eigenvalue weighted by atomic mass is 10.2. The van der Waals surface area contributed by atoms with Crippen LogP contribution in [0, 0.1) is 0 Å². The van der Waals surface area contributed by atoms with Gasteiger partial charge < -0.3 is 15.3 Å². The Morgan fingerprint density at radius 3 is 2.70 bits per heavy atom. The second-order valence-electron chi connectivity index (χ2n) is 5.17. The van der Waals surface area contributed by atoms with E-state index in [2.05, 4.69) is 58.3 Å². The van der Waals surface area contributed by atoms with Crippen LogP contribution >= 0.6 is 15.9 Å². The van der Waals surface area contributed by atoms with Crippen LogP contribution in [0.25, 0.3) is 0 Å². The summed E-state index contributed by atoms with van der Waals surface area (Å²) < 4.78 is 1.15. The number of rotatable bonds is 10. The number of aliphatic hydroxyl groups is 1.